The van der Waals surface area contributed by atoms with Crippen LogP contribution in [0.5, 0.6) is 5.75 Å². The minimum atomic E-state index is -1.16. The van der Waals surface area contributed by atoms with Gasteiger partial charge in [0.2, 0.25) is 5.91 Å². The van der Waals surface area contributed by atoms with Crippen molar-refractivity contribution in [1.29, 1.82) is 0 Å². The summed E-state index contributed by atoms with van der Waals surface area (Å²) in [6, 6.07) is 7.61. The van der Waals surface area contributed by atoms with E-state index in [1.165, 1.54) is 4.57 Å². The standard InChI is InChI=1S/C22H21ClN4O6.ClH/c23-13-6-12-2-3-14(27-20(12)16(7-13)26-21(31)22(27)32)8-18(28)25-15-4-1-11(9-24)5-17(15)33-10-19(29)30;/h1,4-7,14H,2-3,8-10,24H2,(H,25,28)(H,26,31)(H,29,30);1H/t14-;/m0./s1. The quantitative estimate of drug-likeness (QED) is 0.356. The van der Waals surface area contributed by atoms with Gasteiger partial charge in [0.05, 0.1) is 16.7 Å². The Morgan fingerprint density at radius 1 is 1.26 bits per heavy atom. The number of aromatic amines is 1. The molecule has 12 heteroatoms. The molecule has 2 aromatic carbocycles. The number of ether oxygens (including phenoxy) is 1. The number of halogens is 2. The van der Waals surface area contributed by atoms with Crippen molar-refractivity contribution >= 4 is 52.6 Å². The minimum Gasteiger partial charge on any atom is -0.480 e. The molecule has 0 spiro atoms. The second kappa shape index (κ2) is 10.3. The van der Waals surface area contributed by atoms with E-state index in [2.05, 4.69) is 10.3 Å². The Morgan fingerprint density at radius 2 is 2.03 bits per heavy atom. The van der Waals surface area contributed by atoms with E-state index < -0.39 is 35.6 Å². The predicted octanol–water partition coefficient (Wildman–Crippen LogP) is 2.20. The molecule has 5 N–H and O–H groups in total. The number of nitrogens with one attached hydrogen (secondary N) is 2. The van der Waals surface area contributed by atoms with Crippen molar-refractivity contribution in [3.63, 3.8) is 0 Å². The van der Waals surface area contributed by atoms with Gasteiger partial charge in [-0.15, -0.1) is 12.4 Å². The van der Waals surface area contributed by atoms with Crippen molar-refractivity contribution in [3.05, 3.63) is 67.2 Å². The normalized spacial score (nSPS) is 14.4. The number of carbonyl (C=O) groups is 2. The fourth-order valence-electron chi connectivity index (χ4n) is 4.08. The molecule has 1 amide bonds. The number of anilines is 1. The molecule has 1 aromatic heterocycles. The van der Waals surface area contributed by atoms with E-state index in [1.54, 1.807) is 30.3 Å². The highest BCUT2D eigenvalue weighted by Gasteiger charge is 2.27. The Bertz CT molecular complexity index is 1380. The number of nitrogens with two attached hydrogens (primary N) is 1. The predicted molar refractivity (Wildman–Crippen MR) is 129 cm³/mol. The number of aryl methyl sites for hydroxylation is 1. The lowest BCUT2D eigenvalue weighted by Crippen LogP contribution is -2.41. The Hall–Kier alpha value is -3.34. The topological polar surface area (TPSA) is 157 Å². The Balaban J connectivity index is 0.00000324. The Kier molecular flexibility index (Phi) is 7.65. The number of nitrogens with zero attached hydrogens (tertiary/aromatic N) is 1. The van der Waals surface area contributed by atoms with Crippen molar-refractivity contribution in [1.82, 2.24) is 9.55 Å². The molecular weight excluding hydrogens is 487 g/mol. The summed E-state index contributed by atoms with van der Waals surface area (Å²) in [6.45, 7) is -0.371. The average Bonchev–Trinajstić information content (AvgIpc) is 2.77. The van der Waals surface area contributed by atoms with E-state index in [9.17, 15) is 19.2 Å². The first-order chi connectivity index (χ1) is 15.8. The maximum absolute atomic E-state index is 12.9. The van der Waals surface area contributed by atoms with E-state index in [4.69, 9.17) is 27.2 Å². The largest absolute Gasteiger partial charge is 0.480 e. The lowest BCUT2D eigenvalue weighted by molar-refractivity contribution is -0.139. The van der Waals surface area contributed by atoms with Gasteiger partial charge in [-0.25, -0.2) is 4.79 Å². The number of aromatic nitrogens is 2. The van der Waals surface area contributed by atoms with Gasteiger partial charge in [-0.1, -0.05) is 17.7 Å². The first kappa shape index (κ1) is 25.3. The maximum atomic E-state index is 12.9. The third kappa shape index (κ3) is 5.09. The smallest absolute Gasteiger partial charge is 0.341 e. The number of aliphatic carboxylic acids is 1. The highest BCUT2D eigenvalue weighted by Crippen LogP contribution is 2.33. The summed E-state index contributed by atoms with van der Waals surface area (Å²) in [4.78, 5) is 51.2. The molecule has 180 valence electrons. The highest BCUT2D eigenvalue weighted by molar-refractivity contribution is 6.31. The molecule has 0 saturated heterocycles. The van der Waals surface area contributed by atoms with Gasteiger partial charge in [-0.05, 0) is 48.2 Å². The van der Waals surface area contributed by atoms with Gasteiger partial charge in [0, 0.05) is 24.0 Å². The van der Waals surface area contributed by atoms with Crippen LogP contribution in [0.3, 0.4) is 0 Å². The zero-order valence-corrected chi connectivity index (χ0v) is 19.4. The molecule has 0 saturated carbocycles. The SMILES string of the molecule is Cl.NCc1ccc(NC(=O)C[C@@H]2CCc3cc(Cl)cc4[nH]c(=O)c(=O)n2c34)c(OCC(=O)O)c1. The van der Waals surface area contributed by atoms with Crippen LogP contribution < -0.4 is 26.9 Å². The van der Waals surface area contributed by atoms with Crippen LogP contribution in [0.2, 0.25) is 5.02 Å². The molecule has 1 aliphatic rings. The van der Waals surface area contributed by atoms with Gasteiger partial charge in [-0.3, -0.25) is 19.0 Å². The van der Waals surface area contributed by atoms with Gasteiger partial charge in [0.15, 0.2) is 6.61 Å². The van der Waals surface area contributed by atoms with Crippen molar-refractivity contribution in [3.8, 4) is 5.75 Å². The molecule has 1 atom stereocenters. The van der Waals surface area contributed by atoms with Gasteiger partial charge >= 0.3 is 17.1 Å². The molecule has 4 rings (SSSR count). The van der Waals surface area contributed by atoms with E-state index in [-0.39, 0.29) is 36.8 Å². The molecule has 34 heavy (non-hydrogen) atoms. The lowest BCUT2D eigenvalue weighted by Gasteiger charge is -2.27. The second-order valence-electron chi connectivity index (χ2n) is 7.75. The minimum absolute atomic E-state index is 0. The zero-order valence-electron chi connectivity index (χ0n) is 17.8. The van der Waals surface area contributed by atoms with Gasteiger partial charge in [-0.2, -0.15) is 0 Å². The number of carboxylic acids is 1. The van der Waals surface area contributed by atoms with Crippen molar-refractivity contribution in [2.24, 2.45) is 5.73 Å². The molecule has 2 heterocycles. The van der Waals surface area contributed by atoms with Crippen LogP contribution in [0.1, 0.15) is 30.0 Å². The fraction of sp³-hybridized carbons (Fsp3) is 0.273. The monoisotopic (exact) mass is 508 g/mol. The van der Waals surface area contributed by atoms with E-state index in [1.807, 2.05) is 0 Å². The summed E-state index contributed by atoms with van der Waals surface area (Å²) >= 11 is 6.13. The van der Waals surface area contributed by atoms with Crippen molar-refractivity contribution < 1.29 is 19.4 Å². The lowest BCUT2D eigenvalue weighted by atomic mass is 9.96. The van der Waals surface area contributed by atoms with Crippen LogP contribution in [0.25, 0.3) is 11.0 Å². The van der Waals surface area contributed by atoms with Gasteiger partial charge < -0.3 is 25.9 Å². The van der Waals surface area contributed by atoms with Gasteiger partial charge in [0.25, 0.3) is 0 Å². The van der Waals surface area contributed by atoms with E-state index in [0.717, 1.165) is 5.56 Å². The number of rotatable bonds is 7. The van der Waals surface area contributed by atoms with E-state index >= 15 is 0 Å². The van der Waals surface area contributed by atoms with Crippen LogP contribution in [0.15, 0.2) is 39.9 Å². The Morgan fingerprint density at radius 3 is 2.74 bits per heavy atom. The first-order valence-corrected chi connectivity index (χ1v) is 10.6. The summed E-state index contributed by atoms with van der Waals surface area (Å²) in [7, 11) is 0. The fourth-order valence-corrected chi connectivity index (χ4v) is 4.32. The third-order valence-corrected chi connectivity index (χ3v) is 5.71. The summed E-state index contributed by atoms with van der Waals surface area (Å²) < 4.78 is 6.65. The molecule has 1 aliphatic heterocycles. The number of carbonyl (C=O) groups excluding carboxylic acids is 1. The van der Waals surface area contributed by atoms with Crippen LogP contribution in [-0.4, -0.2) is 33.1 Å². The molecule has 0 fully saturated rings. The Labute approximate surface area is 204 Å². The number of carboxylic acid groups (broad SMARTS) is 1. The highest BCUT2D eigenvalue weighted by atomic mass is 35.5. The van der Waals surface area contributed by atoms with Gasteiger partial charge in [0.1, 0.15) is 5.75 Å². The average molecular weight is 509 g/mol. The van der Waals surface area contributed by atoms with Crippen molar-refractivity contribution in [2.75, 3.05) is 11.9 Å². The molecule has 0 unspecified atom stereocenters. The first-order valence-electron chi connectivity index (χ1n) is 10.2. The molecule has 0 aliphatic carbocycles. The van der Waals surface area contributed by atoms with Crippen molar-refractivity contribution in [2.45, 2.75) is 31.8 Å². The summed E-state index contributed by atoms with van der Waals surface area (Å²) in [5, 5.41) is 12.1. The number of H-pyrrole nitrogens is 1. The summed E-state index contributed by atoms with van der Waals surface area (Å²) in [5.74, 6) is -1.41. The molecule has 0 bridgehead atoms. The number of amides is 1. The van der Waals surface area contributed by atoms with Crippen LogP contribution in [-0.2, 0) is 22.6 Å². The zero-order chi connectivity index (χ0) is 23.7. The number of hydrogen-bond acceptors (Lipinski definition) is 6. The number of hydrogen-bond donors (Lipinski definition) is 4. The van der Waals surface area contributed by atoms with Crippen LogP contribution in [0, 0.1) is 0 Å². The van der Waals surface area contributed by atoms with Crippen LogP contribution in [0.4, 0.5) is 5.69 Å². The molecular formula is C22H22Cl2N4O6. The summed E-state index contributed by atoms with van der Waals surface area (Å²) in [5.41, 5.74) is 6.92. The van der Waals surface area contributed by atoms with E-state index in [0.29, 0.717) is 34.5 Å². The molecule has 0 radical (unpaired) electrons. The molecule has 3 aromatic rings. The summed E-state index contributed by atoms with van der Waals surface area (Å²) in [6.07, 6.45) is 0.976. The maximum Gasteiger partial charge on any atom is 0.341 e. The number of benzene rings is 2. The van der Waals surface area contributed by atoms with Crippen LogP contribution >= 0.6 is 24.0 Å². The molecule has 10 nitrogen and oxygen atoms in total. The second-order valence-corrected chi connectivity index (χ2v) is 8.19. The third-order valence-electron chi connectivity index (χ3n) is 5.50.